The number of aryl methyl sites for hydroxylation is 1. The van der Waals surface area contributed by atoms with Gasteiger partial charge in [0.2, 0.25) is 11.8 Å². The largest absolute Gasteiger partial charge is 0.352 e. The van der Waals surface area contributed by atoms with E-state index in [2.05, 4.69) is 5.32 Å². The number of hydrogen-bond acceptors (Lipinski definition) is 4. The Morgan fingerprint density at radius 3 is 2.17 bits per heavy atom. The van der Waals surface area contributed by atoms with Gasteiger partial charge in [0.05, 0.1) is 10.6 Å². The van der Waals surface area contributed by atoms with E-state index in [1.54, 1.807) is 36.4 Å². The highest BCUT2D eigenvalue weighted by atomic mass is 35.5. The summed E-state index contributed by atoms with van der Waals surface area (Å²) in [7, 11) is -4.11. The molecule has 1 N–H and O–H groups in total. The van der Waals surface area contributed by atoms with Crippen molar-refractivity contribution in [3.05, 3.63) is 95.0 Å². The molecule has 1 saturated carbocycles. The standard InChI is InChI=1S/C31H36ClN3O4S/c1-3-29(31(37)33-26-11-7-8-12-26)34(21-24-9-5-4-6-10-24)30(36)22-35(27-17-15-25(32)16-18-27)40(38,39)28-19-13-23(2)14-20-28/h4-6,9-10,13-20,26,29H,3,7-8,11-12,21-22H2,1-2H3,(H,33,37)/t29-/m1/s1. The first-order chi connectivity index (χ1) is 19.2. The molecule has 0 spiro atoms. The van der Waals surface area contributed by atoms with Crippen LogP contribution in [0.15, 0.2) is 83.8 Å². The first-order valence-electron chi connectivity index (χ1n) is 13.7. The van der Waals surface area contributed by atoms with Crippen LogP contribution < -0.4 is 9.62 Å². The first kappa shape index (κ1) is 29.6. The highest BCUT2D eigenvalue weighted by molar-refractivity contribution is 7.92. The van der Waals surface area contributed by atoms with Crippen LogP contribution in [0.2, 0.25) is 5.02 Å². The second kappa shape index (κ2) is 13.3. The Kier molecular flexibility index (Phi) is 9.87. The maximum absolute atomic E-state index is 14.1. The van der Waals surface area contributed by atoms with E-state index >= 15 is 0 Å². The summed E-state index contributed by atoms with van der Waals surface area (Å²) in [6, 6.07) is 21.6. The van der Waals surface area contributed by atoms with Gasteiger partial charge in [-0.1, -0.05) is 79.4 Å². The van der Waals surface area contributed by atoms with Crippen molar-refractivity contribution in [1.29, 1.82) is 0 Å². The lowest BCUT2D eigenvalue weighted by molar-refractivity contribution is -0.140. The Labute approximate surface area is 242 Å². The predicted molar refractivity (Wildman–Crippen MR) is 159 cm³/mol. The van der Waals surface area contributed by atoms with Crippen molar-refractivity contribution in [3.63, 3.8) is 0 Å². The number of benzene rings is 3. The quantitative estimate of drug-likeness (QED) is 0.314. The Balaban J connectivity index is 1.69. The summed E-state index contributed by atoms with van der Waals surface area (Å²) in [5.41, 5.74) is 2.07. The van der Waals surface area contributed by atoms with E-state index in [0.29, 0.717) is 17.1 Å². The van der Waals surface area contributed by atoms with E-state index in [0.717, 1.165) is 41.1 Å². The van der Waals surface area contributed by atoms with Gasteiger partial charge in [-0.15, -0.1) is 0 Å². The van der Waals surface area contributed by atoms with Gasteiger partial charge >= 0.3 is 0 Å². The monoisotopic (exact) mass is 581 g/mol. The van der Waals surface area contributed by atoms with E-state index in [4.69, 9.17) is 11.6 Å². The Hall–Kier alpha value is -3.36. The lowest BCUT2D eigenvalue weighted by Gasteiger charge is -2.33. The first-order valence-corrected chi connectivity index (χ1v) is 15.5. The Bertz CT molecular complexity index is 1390. The molecule has 0 radical (unpaired) electrons. The summed E-state index contributed by atoms with van der Waals surface area (Å²) in [6.07, 6.45) is 4.38. The topological polar surface area (TPSA) is 86.8 Å². The lowest BCUT2D eigenvalue weighted by Crippen LogP contribution is -2.53. The molecule has 3 aromatic rings. The van der Waals surface area contributed by atoms with Gasteiger partial charge < -0.3 is 10.2 Å². The van der Waals surface area contributed by atoms with Gasteiger partial charge in [-0.25, -0.2) is 8.42 Å². The van der Waals surface area contributed by atoms with E-state index < -0.39 is 28.5 Å². The third-order valence-electron chi connectivity index (χ3n) is 7.29. The molecular weight excluding hydrogens is 546 g/mol. The van der Waals surface area contributed by atoms with Gasteiger partial charge in [0.15, 0.2) is 0 Å². The van der Waals surface area contributed by atoms with Crippen LogP contribution in [0.4, 0.5) is 5.69 Å². The van der Waals surface area contributed by atoms with Crippen LogP contribution in [0.5, 0.6) is 0 Å². The molecule has 7 nitrogen and oxygen atoms in total. The van der Waals surface area contributed by atoms with Crippen molar-refractivity contribution >= 4 is 39.1 Å². The number of rotatable bonds is 11. The number of nitrogens with zero attached hydrogens (tertiary/aromatic N) is 2. The lowest BCUT2D eigenvalue weighted by atomic mass is 10.1. The molecule has 1 aliphatic rings. The van der Waals surface area contributed by atoms with Crippen LogP contribution in [-0.4, -0.2) is 43.8 Å². The molecule has 0 aliphatic heterocycles. The number of carbonyl (C=O) groups is 2. The number of carbonyl (C=O) groups excluding carboxylic acids is 2. The molecule has 0 unspecified atom stereocenters. The summed E-state index contributed by atoms with van der Waals surface area (Å²) in [4.78, 5) is 29.1. The van der Waals surface area contributed by atoms with E-state index in [1.165, 1.54) is 17.0 Å². The molecule has 2 amide bonds. The van der Waals surface area contributed by atoms with Gasteiger partial charge in [0.25, 0.3) is 10.0 Å². The van der Waals surface area contributed by atoms with Crippen molar-refractivity contribution in [2.75, 3.05) is 10.8 Å². The molecule has 0 heterocycles. The minimum Gasteiger partial charge on any atom is -0.352 e. The number of amides is 2. The minimum atomic E-state index is -4.11. The molecule has 0 aromatic heterocycles. The maximum atomic E-state index is 14.1. The molecule has 1 atom stereocenters. The fourth-order valence-electron chi connectivity index (χ4n) is 5.04. The number of halogens is 1. The average molecular weight is 582 g/mol. The Morgan fingerprint density at radius 2 is 1.57 bits per heavy atom. The van der Waals surface area contributed by atoms with Crippen LogP contribution in [-0.2, 0) is 26.2 Å². The third-order valence-corrected chi connectivity index (χ3v) is 9.33. The second-order valence-corrected chi connectivity index (χ2v) is 12.5. The van der Waals surface area contributed by atoms with Crippen molar-refractivity contribution in [3.8, 4) is 0 Å². The molecule has 0 bridgehead atoms. The SMILES string of the molecule is CC[C@H](C(=O)NC1CCCC1)N(Cc1ccccc1)C(=O)CN(c1ccc(Cl)cc1)S(=O)(=O)c1ccc(C)cc1. The molecular formula is C31H36ClN3O4S. The van der Waals surface area contributed by atoms with Crippen molar-refractivity contribution in [1.82, 2.24) is 10.2 Å². The molecule has 4 rings (SSSR count). The summed E-state index contributed by atoms with van der Waals surface area (Å²) in [5, 5.41) is 3.57. The van der Waals surface area contributed by atoms with Crippen LogP contribution in [0.3, 0.4) is 0 Å². The third kappa shape index (κ3) is 7.23. The van der Waals surface area contributed by atoms with Crippen LogP contribution >= 0.6 is 11.6 Å². The van der Waals surface area contributed by atoms with Crippen molar-refractivity contribution < 1.29 is 18.0 Å². The van der Waals surface area contributed by atoms with Crippen LogP contribution in [0.25, 0.3) is 0 Å². The fraction of sp³-hybridized carbons (Fsp3) is 0.355. The smallest absolute Gasteiger partial charge is 0.264 e. The predicted octanol–water partition coefficient (Wildman–Crippen LogP) is 5.71. The number of nitrogens with one attached hydrogen (secondary N) is 1. The molecule has 1 fully saturated rings. The summed E-state index contributed by atoms with van der Waals surface area (Å²) >= 11 is 6.09. The zero-order valence-electron chi connectivity index (χ0n) is 22.9. The van der Waals surface area contributed by atoms with Gasteiger partial charge in [-0.05, 0) is 68.1 Å². The molecule has 212 valence electrons. The number of sulfonamides is 1. The minimum absolute atomic E-state index is 0.0708. The number of hydrogen-bond donors (Lipinski definition) is 1. The number of anilines is 1. The molecule has 3 aromatic carbocycles. The molecule has 9 heteroatoms. The zero-order valence-corrected chi connectivity index (χ0v) is 24.5. The van der Waals surface area contributed by atoms with Crippen LogP contribution in [0.1, 0.15) is 50.2 Å². The average Bonchev–Trinajstić information content (AvgIpc) is 3.46. The second-order valence-electron chi connectivity index (χ2n) is 10.2. The zero-order chi connectivity index (χ0) is 28.7. The molecule has 40 heavy (non-hydrogen) atoms. The molecule has 1 aliphatic carbocycles. The molecule has 0 saturated heterocycles. The Morgan fingerprint density at radius 1 is 0.950 bits per heavy atom. The normalized spacial score (nSPS) is 14.5. The highest BCUT2D eigenvalue weighted by Gasteiger charge is 2.34. The van der Waals surface area contributed by atoms with Crippen molar-refractivity contribution in [2.24, 2.45) is 0 Å². The highest BCUT2D eigenvalue weighted by Crippen LogP contribution is 2.27. The van der Waals surface area contributed by atoms with Crippen molar-refractivity contribution in [2.45, 2.75) is 69.5 Å². The summed E-state index contributed by atoms with van der Waals surface area (Å²) in [6.45, 7) is 3.44. The van der Waals surface area contributed by atoms with Crippen LogP contribution in [0, 0.1) is 6.92 Å². The van der Waals surface area contributed by atoms with Gasteiger partial charge in [0.1, 0.15) is 12.6 Å². The van der Waals surface area contributed by atoms with E-state index in [9.17, 15) is 18.0 Å². The van der Waals surface area contributed by atoms with Gasteiger partial charge in [0, 0.05) is 17.6 Å². The maximum Gasteiger partial charge on any atom is 0.264 e. The van der Waals surface area contributed by atoms with E-state index in [-0.39, 0.29) is 23.4 Å². The van der Waals surface area contributed by atoms with E-state index in [1.807, 2.05) is 44.2 Å². The fourth-order valence-corrected chi connectivity index (χ4v) is 6.58. The van der Waals surface area contributed by atoms with Gasteiger partial charge in [-0.3, -0.25) is 13.9 Å². The van der Waals surface area contributed by atoms with Gasteiger partial charge in [-0.2, -0.15) is 0 Å². The summed E-state index contributed by atoms with van der Waals surface area (Å²) < 4.78 is 28.9. The summed E-state index contributed by atoms with van der Waals surface area (Å²) in [5.74, 6) is -0.680.